The summed E-state index contributed by atoms with van der Waals surface area (Å²) in [5.41, 5.74) is 1.16. The van der Waals surface area contributed by atoms with Crippen LogP contribution in [0.3, 0.4) is 0 Å². The van der Waals surface area contributed by atoms with Crippen molar-refractivity contribution in [1.29, 1.82) is 0 Å². The second-order valence-corrected chi connectivity index (χ2v) is 4.30. The quantitative estimate of drug-likeness (QED) is 0.898. The maximum atomic E-state index is 12.7. The predicted molar refractivity (Wildman–Crippen MR) is 73.9 cm³/mol. The van der Waals surface area contributed by atoms with E-state index in [1.165, 1.54) is 35.0 Å². The Hall–Kier alpha value is -2.63. The van der Waals surface area contributed by atoms with Crippen molar-refractivity contribution in [3.8, 4) is 0 Å². The highest BCUT2D eigenvalue weighted by Crippen LogP contribution is 2.04. The van der Waals surface area contributed by atoms with E-state index in [1.807, 2.05) is 0 Å². The number of amides is 2. The van der Waals surface area contributed by atoms with Gasteiger partial charge in [-0.05, 0) is 23.8 Å². The Morgan fingerprint density at radius 3 is 2.55 bits per heavy atom. The predicted octanol–water partition coefficient (Wildman–Crippen LogP) is 1.85. The van der Waals surface area contributed by atoms with Crippen LogP contribution >= 0.6 is 0 Å². The summed E-state index contributed by atoms with van der Waals surface area (Å²) in [5.74, 6) is -0.316. The van der Waals surface area contributed by atoms with Crippen molar-refractivity contribution in [2.75, 3.05) is 5.32 Å². The third-order valence-electron chi connectivity index (χ3n) is 2.71. The fourth-order valence-electron chi connectivity index (χ4n) is 1.63. The van der Waals surface area contributed by atoms with Crippen LogP contribution in [-0.4, -0.2) is 10.6 Å². The number of nitrogens with zero attached hydrogens (tertiary/aromatic N) is 1. The molecule has 5 nitrogen and oxygen atoms in total. The standard InChI is InChI=1S/C14H14FN3O2/c1-18-9-12(6-7-13(18)19)17-14(20)16-8-10-2-4-11(15)5-3-10/h2-7,9H,8H2,1H3,(H2,16,17,20). The van der Waals surface area contributed by atoms with Crippen molar-refractivity contribution in [3.05, 3.63) is 64.3 Å². The van der Waals surface area contributed by atoms with Crippen LogP contribution in [0.15, 0.2) is 47.4 Å². The Kier molecular flexibility index (Phi) is 4.14. The molecule has 104 valence electrons. The maximum absolute atomic E-state index is 12.7. The van der Waals surface area contributed by atoms with Crippen LogP contribution in [0.25, 0.3) is 0 Å². The van der Waals surface area contributed by atoms with Crippen molar-refractivity contribution < 1.29 is 9.18 Å². The van der Waals surface area contributed by atoms with Gasteiger partial charge < -0.3 is 15.2 Å². The number of urea groups is 1. The molecule has 0 aliphatic rings. The maximum Gasteiger partial charge on any atom is 0.319 e. The molecule has 0 saturated heterocycles. The summed E-state index contributed by atoms with van der Waals surface area (Å²) in [5, 5.41) is 5.25. The van der Waals surface area contributed by atoms with Gasteiger partial charge in [0.25, 0.3) is 0 Å². The number of carbonyl (C=O) groups is 1. The molecular weight excluding hydrogens is 261 g/mol. The number of hydrogen-bond acceptors (Lipinski definition) is 2. The zero-order valence-electron chi connectivity index (χ0n) is 10.9. The normalized spacial score (nSPS) is 10.1. The van der Waals surface area contributed by atoms with Gasteiger partial charge in [-0.3, -0.25) is 4.79 Å². The van der Waals surface area contributed by atoms with Gasteiger partial charge >= 0.3 is 6.03 Å². The fraction of sp³-hybridized carbons (Fsp3) is 0.143. The Bertz CT molecular complexity index is 665. The van der Waals surface area contributed by atoms with Gasteiger partial charge in [-0.1, -0.05) is 12.1 Å². The highest BCUT2D eigenvalue weighted by molar-refractivity contribution is 5.88. The number of pyridine rings is 1. The second kappa shape index (κ2) is 6.01. The lowest BCUT2D eigenvalue weighted by molar-refractivity contribution is 0.251. The van der Waals surface area contributed by atoms with E-state index in [0.717, 1.165) is 5.56 Å². The summed E-state index contributed by atoms with van der Waals surface area (Å²) in [7, 11) is 1.60. The van der Waals surface area contributed by atoms with Gasteiger partial charge in [0.05, 0.1) is 5.69 Å². The average Bonchev–Trinajstić information content (AvgIpc) is 2.42. The fourth-order valence-corrected chi connectivity index (χ4v) is 1.63. The number of benzene rings is 1. The minimum absolute atomic E-state index is 0.151. The first kappa shape index (κ1) is 13.8. The van der Waals surface area contributed by atoms with Crippen LogP contribution < -0.4 is 16.2 Å². The van der Waals surface area contributed by atoms with Crippen molar-refractivity contribution in [3.63, 3.8) is 0 Å². The Balaban J connectivity index is 1.90. The molecular formula is C14H14FN3O2. The van der Waals surface area contributed by atoms with E-state index < -0.39 is 6.03 Å². The Morgan fingerprint density at radius 1 is 1.20 bits per heavy atom. The largest absolute Gasteiger partial charge is 0.334 e. The molecule has 0 radical (unpaired) electrons. The van der Waals surface area contributed by atoms with E-state index in [2.05, 4.69) is 10.6 Å². The molecule has 2 aromatic rings. The molecule has 0 bridgehead atoms. The molecule has 2 rings (SSSR count). The van der Waals surface area contributed by atoms with Crippen molar-refractivity contribution >= 4 is 11.7 Å². The topological polar surface area (TPSA) is 63.1 Å². The van der Waals surface area contributed by atoms with Crippen LogP contribution in [0.1, 0.15) is 5.56 Å². The third kappa shape index (κ3) is 3.68. The number of aromatic nitrogens is 1. The van der Waals surface area contributed by atoms with Gasteiger partial charge in [0.1, 0.15) is 5.82 Å². The van der Waals surface area contributed by atoms with E-state index in [1.54, 1.807) is 19.2 Å². The lowest BCUT2D eigenvalue weighted by Crippen LogP contribution is -2.28. The molecule has 6 heteroatoms. The minimum atomic E-state index is -0.395. The SMILES string of the molecule is Cn1cc(NC(=O)NCc2ccc(F)cc2)ccc1=O. The van der Waals surface area contributed by atoms with Crippen molar-refractivity contribution in [2.45, 2.75) is 6.54 Å². The molecule has 0 aliphatic carbocycles. The molecule has 0 unspecified atom stereocenters. The number of halogens is 1. The molecule has 2 N–H and O–H groups in total. The zero-order valence-corrected chi connectivity index (χ0v) is 10.9. The Labute approximate surface area is 115 Å². The number of rotatable bonds is 3. The number of nitrogens with one attached hydrogen (secondary N) is 2. The zero-order chi connectivity index (χ0) is 14.5. The van der Waals surface area contributed by atoms with Gasteiger partial charge in [0.15, 0.2) is 0 Å². The number of anilines is 1. The summed E-state index contributed by atoms with van der Waals surface area (Å²) < 4.78 is 14.1. The van der Waals surface area contributed by atoms with E-state index in [9.17, 15) is 14.0 Å². The summed E-state index contributed by atoms with van der Waals surface area (Å²) in [6, 6.07) is 8.37. The summed E-state index contributed by atoms with van der Waals surface area (Å²) in [6.07, 6.45) is 1.53. The smallest absolute Gasteiger partial charge is 0.319 e. The number of hydrogen-bond donors (Lipinski definition) is 2. The number of carbonyl (C=O) groups excluding carboxylic acids is 1. The first-order valence-corrected chi connectivity index (χ1v) is 6.00. The molecule has 0 fully saturated rings. The highest BCUT2D eigenvalue weighted by atomic mass is 19.1. The van der Waals surface area contributed by atoms with Gasteiger partial charge in [0.2, 0.25) is 5.56 Å². The molecule has 20 heavy (non-hydrogen) atoms. The van der Waals surface area contributed by atoms with Gasteiger partial charge in [-0.25, -0.2) is 9.18 Å². The second-order valence-electron chi connectivity index (χ2n) is 4.30. The molecule has 0 aliphatic heterocycles. The highest BCUT2D eigenvalue weighted by Gasteiger charge is 2.02. The van der Waals surface area contributed by atoms with E-state index >= 15 is 0 Å². The van der Waals surface area contributed by atoms with Crippen LogP contribution in [-0.2, 0) is 13.6 Å². The van der Waals surface area contributed by atoms with Crippen LogP contribution in [0.5, 0.6) is 0 Å². The monoisotopic (exact) mass is 275 g/mol. The molecule has 1 aromatic carbocycles. The van der Waals surface area contributed by atoms with E-state index in [-0.39, 0.29) is 17.9 Å². The average molecular weight is 275 g/mol. The lowest BCUT2D eigenvalue weighted by atomic mass is 10.2. The van der Waals surface area contributed by atoms with Gasteiger partial charge in [-0.15, -0.1) is 0 Å². The van der Waals surface area contributed by atoms with Crippen LogP contribution in [0.4, 0.5) is 14.9 Å². The third-order valence-corrected chi connectivity index (χ3v) is 2.71. The minimum Gasteiger partial charge on any atom is -0.334 e. The summed E-state index contributed by atoms with van der Waals surface area (Å²) in [6.45, 7) is 0.290. The molecule has 0 spiro atoms. The van der Waals surface area contributed by atoms with Crippen LogP contribution in [0, 0.1) is 5.82 Å². The van der Waals surface area contributed by atoms with Crippen molar-refractivity contribution in [2.24, 2.45) is 7.05 Å². The molecule has 0 atom stereocenters. The molecule has 1 aromatic heterocycles. The summed E-state index contributed by atoms with van der Waals surface area (Å²) >= 11 is 0. The van der Waals surface area contributed by atoms with Gasteiger partial charge in [0, 0.05) is 25.9 Å². The van der Waals surface area contributed by atoms with E-state index in [0.29, 0.717) is 5.69 Å². The van der Waals surface area contributed by atoms with Crippen molar-refractivity contribution in [1.82, 2.24) is 9.88 Å². The lowest BCUT2D eigenvalue weighted by Gasteiger charge is -2.08. The molecule has 2 amide bonds. The number of aryl methyl sites for hydroxylation is 1. The summed E-state index contributed by atoms with van der Waals surface area (Å²) in [4.78, 5) is 22.9. The first-order chi connectivity index (χ1) is 9.54. The Morgan fingerprint density at radius 2 is 1.90 bits per heavy atom. The van der Waals surface area contributed by atoms with Gasteiger partial charge in [-0.2, -0.15) is 0 Å². The first-order valence-electron chi connectivity index (χ1n) is 6.00. The molecule has 1 heterocycles. The van der Waals surface area contributed by atoms with Crippen LogP contribution in [0.2, 0.25) is 0 Å². The van der Waals surface area contributed by atoms with E-state index in [4.69, 9.17) is 0 Å². The molecule has 0 saturated carbocycles.